The number of nitrogens with zero attached hydrogens (tertiary/aromatic N) is 2. The molecule has 0 bridgehead atoms. The lowest BCUT2D eigenvalue weighted by Crippen LogP contribution is -2.52. The SMILES string of the molecule is CCC(C)NC(=O)C(C)N(Cc1cccc(Br)c1)C(=O)CN(c1cccc(Cl)c1C)S(C)(=O)=O. The van der Waals surface area contributed by atoms with Crippen LogP contribution in [0.2, 0.25) is 5.02 Å². The van der Waals surface area contributed by atoms with Gasteiger partial charge < -0.3 is 10.2 Å². The van der Waals surface area contributed by atoms with Gasteiger partial charge in [0.1, 0.15) is 12.6 Å². The first-order valence-electron chi connectivity index (χ1n) is 10.9. The summed E-state index contributed by atoms with van der Waals surface area (Å²) in [6.07, 6.45) is 1.78. The van der Waals surface area contributed by atoms with Gasteiger partial charge >= 0.3 is 0 Å². The summed E-state index contributed by atoms with van der Waals surface area (Å²) in [6.45, 7) is 6.86. The molecule has 34 heavy (non-hydrogen) atoms. The number of amides is 2. The minimum Gasteiger partial charge on any atom is -0.352 e. The first-order valence-corrected chi connectivity index (χ1v) is 13.9. The van der Waals surface area contributed by atoms with Crippen LogP contribution in [-0.2, 0) is 26.2 Å². The average molecular weight is 573 g/mol. The third kappa shape index (κ3) is 7.45. The van der Waals surface area contributed by atoms with Gasteiger partial charge in [-0.1, -0.05) is 52.7 Å². The monoisotopic (exact) mass is 571 g/mol. The van der Waals surface area contributed by atoms with Crippen molar-refractivity contribution in [3.8, 4) is 0 Å². The van der Waals surface area contributed by atoms with Crippen molar-refractivity contribution in [2.45, 2.75) is 52.7 Å². The second kappa shape index (κ2) is 12.0. The predicted octanol–water partition coefficient (Wildman–Crippen LogP) is 4.51. The van der Waals surface area contributed by atoms with Gasteiger partial charge in [0.15, 0.2) is 0 Å². The Morgan fingerprint density at radius 1 is 1.15 bits per heavy atom. The zero-order valence-electron chi connectivity index (χ0n) is 20.0. The third-order valence-electron chi connectivity index (χ3n) is 5.60. The molecule has 0 heterocycles. The fourth-order valence-corrected chi connectivity index (χ4v) is 4.86. The molecular weight excluding hydrogens is 542 g/mol. The predicted molar refractivity (Wildman–Crippen MR) is 140 cm³/mol. The maximum atomic E-state index is 13.6. The third-order valence-corrected chi connectivity index (χ3v) is 7.63. The van der Waals surface area contributed by atoms with Crippen LogP contribution in [0.1, 0.15) is 38.3 Å². The summed E-state index contributed by atoms with van der Waals surface area (Å²) in [5.74, 6) is -0.806. The van der Waals surface area contributed by atoms with Crippen molar-refractivity contribution in [1.29, 1.82) is 0 Å². The van der Waals surface area contributed by atoms with Crippen LogP contribution < -0.4 is 9.62 Å². The Morgan fingerprint density at radius 2 is 1.79 bits per heavy atom. The van der Waals surface area contributed by atoms with Crippen LogP contribution in [0.3, 0.4) is 0 Å². The Bertz CT molecular complexity index is 1140. The summed E-state index contributed by atoms with van der Waals surface area (Å²) in [6, 6.07) is 11.4. The number of hydrogen-bond donors (Lipinski definition) is 1. The first-order chi connectivity index (χ1) is 15.8. The fraction of sp³-hybridized carbons (Fsp3) is 0.417. The van der Waals surface area contributed by atoms with Crippen molar-refractivity contribution in [3.63, 3.8) is 0 Å². The minimum atomic E-state index is -3.82. The molecule has 0 aliphatic heterocycles. The molecule has 0 aromatic heterocycles. The number of nitrogens with one attached hydrogen (secondary N) is 1. The number of sulfonamides is 1. The smallest absolute Gasteiger partial charge is 0.244 e. The van der Waals surface area contributed by atoms with E-state index in [1.807, 2.05) is 38.1 Å². The van der Waals surface area contributed by atoms with E-state index in [0.717, 1.165) is 27.0 Å². The van der Waals surface area contributed by atoms with Gasteiger partial charge in [0.25, 0.3) is 0 Å². The highest BCUT2D eigenvalue weighted by Crippen LogP contribution is 2.28. The topological polar surface area (TPSA) is 86.8 Å². The quantitative estimate of drug-likeness (QED) is 0.454. The summed E-state index contributed by atoms with van der Waals surface area (Å²) < 4.78 is 27.2. The van der Waals surface area contributed by atoms with Gasteiger partial charge in [0, 0.05) is 22.1 Å². The molecular formula is C24H31BrClN3O4S. The van der Waals surface area contributed by atoms with Gasteiger partial charge in [-0.3, -0.25) is 13.9 Å². The standard InChI is InChI=1S/C24H31BrClN3O4S/c1-6-16(2)27-24(31)18(4)28(14-19-9-7-10-20(25)13-19)23(30)15-29(34(5,32)33)22-12-8-11-21(26)17(22)3/h7-13,16,18H,6,14-15H2,1-5H3,(H,27,31). The van der Waals surface area contributed by atoms with Gasteiger partial charge in [-0.25, -0.2) is 8.42 Å². The zero-order valence-corrected chi connectivity index (χ0v) is 23.2. The number of hydrogen-bond acceptors (Lipinski definition) is 4. The molecule has 0 spiro atoms. The van der Waals surface area contributed by atoms with Crippen LogP contribution in [0.5, 0.6) is 0 Å². The highest BCUT2D eigenvalue weighted by atomic mass is 79.9. The van der Waals surface area contributed by atoms with E-state index in [2.05, 4.69) is 21.2 Å². The lowest BCUT2D eigenvalue weighted by Gasteiger charge is -2.32. The van der Waals surface area contributed by atoms with E-state index in [-0.39, 0.29) is 18.5 Å². The van der Waals surface area contributed by atoms with E-state index < -0.39 is 28.5 Å². The normalized spacial score (nSPS) is 13.1. The molecule has 2 unspecified atom stereocenters. The second-order valence-electron chi connectivity index (χ2n) is 8.30. The number of rotatable bonds is 10. The molecule has 0 radical (unpaired) electrons. The lowest BCUT2D eigenvalue weighted by molar-refractivity contribution is -0.139. The van der Waals surface area contributed by atoms with Gasteiger partial charge in [0.2, 0.25) is 21.8 Å². The molecule has 1 N–H and O–H groups in total. The number of anilines is 1. The molecule has 2 amide bonds. The van der Waals surface area contributed by atoms with E-state index in [1.165, 1.54) is 4.90 Å². The van der Waals surface area contributed by atoms with Gasteiger partial charge in [-0.15, -0.1) is 0 Å². The van der Waals surface area contributed by atoms with E-state index in [9.17, 15) is 18.0 Å². The number of carbonyl (C=O) groups is 2. The van der Waals surface area contributed by atoms with Crippen LogP contribution in [0, 0.1) is 6.92 Å². The molecule has 7 nitrogen and oxygen atoms in total. The molecule has 2 atom stereocenters. The Balaban J connectivity index is 2.43. The van der Waals surface area contributed by atoms with Gasteiger partial charge in [0.05, 0.1) is 11.9 Å². The van der Waals surface area contributed by atoms with Crippen LogP contribution in [0.25, 0.3) is 0 Å². The zero-order chi connectivity index (χ0) is 25.6. The molecule has 2 aromatic rings. The van der Waals surface area contributed by atoms with Gasteiger partial charge in [-0.05, 0) is 62.6 Å². The second-order valence-corrected chi connectivity index (χ2v) is 11.5. The summed E-state index contributed by atoms with van der Waals surface area (Å²) in [7, 11) is -3.82. The van der Waals surface area contributed by atoms with Crippen LogP contribution in [0.4, 0.5) is 5.69 Å². The molecule has 186 valence electrons. The maximum absolute atomic E-state index is 13.6. The molecule has 0 aliphatic carbocycles. The number of carbonyl (C=O) groups excluding carboxylic acids is 2. The molecule has 0 saturated carbocycles. The van der Waals surface area contributed by atoms with Crippen molar-refractivity contribution in [1.82, 2.24) is 10.2 Å². The largest absolute Gasteiger partial charge is 0.352 e. The molecule has 0 aliphatic rings. The highest BCUT2D eigenvalue weighted by molar-refractivity contribution is 9.10. The number of halogens is 2. The molecule has 10 heteroatoms. The summed E-state index contributed by atoms with van der Waals surface area (Å²) in [5.41, 5.74) is 1.67. The lowest BCUT2D eigenvalue weighted by atomic mass is 10.1. The summed E-state index contributed by atoms with van der Waals surface area (Å²) in [5, 5.41) is 3.30. The fourth-order valence-electron chi connectivity index (χ4n) is 3.34. The molecule has 2 aromatic carbocycles. The van der Waals surface area contributed by atoms with E-state index in [1.54, 1.807) is 32.0 Å². The van der Waals surface area contributed by atoms with Gasteiger partial charge in [-0.2, -0.15) is 0 Å². The first kappa shape index (κ1) is 28.1. The van der Waals surface area contributed by atoms with Crippen molar-refractivity contribution in [3.05, 3.63) is 63.1 Å². The van der Waals surface area contributed by atoms with Crippen LogP contribution in [0.15, 0.2) is 46.9 Å². The maximum Gasteiger partial charge on any atom is 0.244 e. The Morgan fingerprint density at radius 3 is 2.38 bits per heavy atom. The Hall–Kier alpha value is -2.10. The van der Waals surface area contributed by atoms with Crippen molar-refractivity contribution < 1.29 is 18.0 Å². The Labute approximate surface area is 215 Å². The van der Waals surface area contributed by atoms with E-state index >= 15 is 0 Å². The van der Waals surface area contributed by atoms with E-state index in [0.29, 0.717) is 16.3 Å². The molecule has 0 saturated heterocycles. The molecule has 2 rings (SSSR count). The summed E-state index contributed by atoms with van der Waals surface area (Å²) in [4.78, 5) is 27.9. The van der Waals surface area contributed by atoms with Crippen molar-refractivity contribution in [2.24, 2.45) is 0 Å². The van der Waals surface area contributed by atoms with Crippen molar-refractivity contribution >= 4 is 55.1 Å². The average Bonchev–Trinajstić information content (AvgIpc) is 2.76. The Kier molecular flexibility index (Phi) is 9.96. The van der Waals surface area contributed by atoms with E-state index in [4.69, 9.17) is 11.6 Å². The van der Waals surface area contributed by atoms with Crippen LogP contribution >= 0.6 is 27.5 Å². The highest BCUT2D eigenvalue weighted by Gasteiger charge is 2.31. The van der Waals surface area contributed by atoms with Crippen molar-refractivity contribution in [2.75, 3.05) is 17.1 Å². The minimum absolute atomic E-state index is 0.0561. The molecule has 0 fully saturated rings. The van der Waals surface area contributed by atoms with Crippen LogP contribution in [-0.4, -0.2) is 50.0 Å². The number of benzene rings is 2. The summed E-state index contributed by atoms with van der Waals surface area (Å²) >= 11 is 9.64.